The summed E-state index contributed by atoms with van der Waals surface area (Å²) < 4.78 is 25.4. The molecule has 3 aromatic heterocycles. The van der Waals surface area contributed by atoms with Crippen molar-refractivity contribution < 1.29 is 14.2 Å². The fourth-order valence-corrected chi connectivity index (χ4v) is 8.67. The molecule has 0 aliphatic heterocycles. The first kappa shape index (κ1) is 32.0. The van der Waals surface area contributed by atoms with E-state index in [9.17, 15) is 0 Å². The fourth-order valence-electron chi connectivity index (χ4n) is 8.67. The molecule has 0 unspecified atom stereocenters. The van der Waals surface area contributed by atoms with E-state index in [1.54, 1.807) is 21.3 Å². The molecule has 6 heteroatoms. The maximum atomic E-state index is 5.93. The standard InChI is InChI=1S/C48H39N3O3/c1-52-34-19-22-40-37(25-34)43-46(49(40)28-31-13-7-4-8-14-31)44-39-27-36(54-3)21-24-42(39)51(30-33-17-11-6-12-18-33)48(44)45-38-26-35(53-2)20-23-41(38)50(47(43)45)29-32-15-9-5-10-16-32/h4-27H,28-30H2,1-3H3. The summed E-state index contributed by atoms with van der Waals surface area (Å²) in [5, 5.41) is 7.08. The molecule has 0 aliphatic rings. The van der Waals surface area contributed by atoms with Crippen LogP contribution in [-0.2, 0) is 19.6 Å². The first-order chi connectivity index (χ1) is 26.6. The zero-order chi connectivity index (χ0) is 36.3. The fraction of sp³-hybridized carbons (Fsp3) is 0.125. The molecule has 7 aromatic carbocycles. The highest BCUT2D eigenvalue weighted by Gasteiger charge is 2.28. The number of hydrogen-bond acceptors (Lipinski definition) is 3. The summed E-state index contributed by atoms with van der Waals surface area (Å²) in [6.07, 6.45) is 0. The number of aromatic nitrogens is 3. The summed E-state index contributed by atoms with van der Waals surface area (Å²) in [5.74, 6) is 2.49. The first-order valence-corrected chi connectivity index (χ1v) is 18.4. The topological polar surface area (TPSA) is 42.5 Å². The zero-order valence-corrected chi connectivity index (χ0v) is 30.5. The van der Waals surface area contributed by atoms with Crippen LogP contribution in [0.25, 0.3) is 65.4 Å². The molecule has 6 nitrogen and oxygen atoms in total. The van der Waals surface area contributed by atoms with Crippen molar-refractivity contribution in [1.82, 2.24) is 13.7 Å². The Bertz CT molecular complexity index is 2650. The summed E-state index contributed by atoms with van der Waals surface area (Å²) in [5.41, 5.74) is 10.8. The Morgan fingerprint density at radius 3 is 0.889 bits per heavy atom. The monoisotopic (exact) mass is 705 g/mol. The van der Waals surface area contributed by atoms with E-state index in [0.29, 0.717) is 19.6 Å². The number of nitrogens with zero attached hydrogens (tertiary/aromatic N) is 3. The SMILES string of the molecule is COc1ccc2c(c1)c1c(c3c4cc(OC)ccc4n(Cc4ccccc4)c3c3c4cc(OC)ccc4n(Cc4ccccc4)c13)n2Cc1ccccc1. The van der Waals surface area contributed by atoms with E-state index < -0.39 is 0 Å². The Morgan fingerprint density at radius 1 is 0.352 bits per heavy atom. The summed E-state index contributed by atoms with van der Waals surface area (Å²) >= 11 is 0. The molecule has 54 heavy (non-hydrogen) atoms. The van der Waals surface area contributed by atoms with Gasteiger partial charge in [-0.3, -0.25) is 0 Å². The van der Waals surface area contributed by atoms with Crippen LogP contribution in [0.5, 0.6) is 17.2 Å². The number of methoxy groups -OCH3 is 3. The van der Waals surface area contributed by atoms with Crippen LogP contribution in [0.1, 0.15) is 16.7 Å². The van der Waals surface area contributed by atoms with Gasteiger partial charge >= 0.3 is 0 Å². The molecule has 0 saturated carbocycles. The van der Waals surface area contributed by atoms with Gasteiger partial charge in [-0.1, -0.05) is 91.0 Å². The highest BCUT2D eigenvalue weighted by Crippen LogP contribution is 2.50. The van der Waals surface area contributed by atoms with Crippen molar-refractivity contribution in [2.45, 2.75) is 19.6 Å². The second kappa shape index (κ2) is 12.8. The third-order valence-electron chi connectivity index (χ3n) is 11.1. The van der Waals surface area contributed by atoms with Gasteiger partial charge in [-0.15, -0.1) is 0 Å². The normalized spacial score (nSPS) is 11.8. The first-order valence-electron chi connectivity index (χ1n) is 18.4. The van der Waals surface area contributed by atoms with Gasteiger partial charge in [0.2, 0.25) is 0 Å². The van der Waals surface area contributed by atoms with Crippen LogP contribution in [0, 0.1) is 0 Å². The van der Waals surface area contributed by atoms with Crippen LogP contribution >= 0.6 is 0 Å². The summed E-state index contributed by atoms with van der Waals surface area (Å²) in [4.78, 5) is 0. The van der Waals surface area contributed by atoms with Crippen LogP contribution in [0.15, 0.2) is 146 Å². The summed E-state index contributed by atoms with van der Waals surface area (Å²) in [7, 11) is 5.25. The van der Waals surface area contributed by atoms with Crippen LogP contribution < -0.4 is 14.2 Å². The molecule has 10 aromatic rings. The average Bonchev–Trinajstić information content (AvgIpc) is 3.83. The highest BCUT2D eigenvalue weighted by molar-refractivity contribution is 6.39. The van der Waals surface area contributed by atoms with Gasteiger partial charge in [0.05, 0.1) is 37.9 Å². The Morgan fingerprint density at radius 2 is 0.630 bits per heavy atom. The smallest absolute Gasteiger partial charge is 0.119 e. The molecule has 10 rings (SSSR count). The molecule has 0 saturated heterocycles. The second-order valence-electron chi connectivity index (χ2n) is 14.0. The van der Waals surface area contributed by atoms with E-state index in [1.165, 1.54) is 49.4 Å². The molecule has 0 aliphatic carbocycles. The quantitative estimate of drug-likeness (QED) is 0.150. The summed E-state index contributed by atoms with van der Waals surface area (Å²) in [6.45, 7) is 2.11. The van der Waals surface area contributed by atoms with Crippen molar-refractivity contribution >= 4 is 65.4 Å². The predicted molar refractivity (Wildman–Crippen MR) is 222 cm³/mol. The minimum Gasteiger partial charge on any atom is -0.497 e. The van der Waals surface area contributed by atoms with Crippen LogP contribution in [0.3, 0.4) is 0 Å². The maximum absolute atomic E-state index is 5.93. The lowest BCUT2D eigenvalue weighted by atomic mass is 10.0. The van der Waals surface area contributed by atoms with E-state index >= 15 is 0 Å². The number of rotatable bonds is 9. The highest BCUT2D eigenvalue weighted by atomic mass is 16.5. The average molecular weight is 706 g/mol. The van der Waals surface area contributed by atoms with E-state index in [0.717, 1.165) is 50.0 Å². The molecule has 0 N–H and O–H groups in total. The van der Waals surface area contributed by atoms with E-state index in [1.807, 2.05) is 0 Å². The van der Waals surface area contributed by atoms with E-state index in [2.05, 4.69) is 159 Å². The molecule has 0 fully saturated rings. The largest absolute Gasteiger partial charge is 0.497 e. The van der Waals surface area contributed by atoms with Gasteiger partial charge < -0.3 is 27.9 Å². The van der Waals surface area contributed by atoms with Crippen molar-refractivity contribution in [1.29, 1.82) is 0 Å². The van der Waals surface area contributed by atoms with Gasteiger partial charge in [0.25, 0.3) is 0 Å². The molecule has 0 atom stereocenters. The van der Waals surface area contributed by atoms with Crippen molar-refractivity contribution in [2.24, 2.45) is 0 Å². The van der Waals surface area contributed by atoms with E-state index in [4.69, 9.17) is 14.2 Å². The Labute approximate surface area is 312 Å². The van der Waals surface area contributed by atoms with E-state index in [-0.39, 0.29) is 0 Å². The molecule has 0 bridgehead atoms. The molecule has 264 valence electrons. The van der Waals surface area contributed by atoms with Crippen LogP contribution in [0.2, 0.25) is 0 Å². The van der Waals surface area contributed by atoms with Gasteiger partial charge in [0, 0.05) is 68.5 Å². The molecule has 3 heterocycles. The lowest BCUT2D eigenvalue weighted by Gasteiger charge is -2.13. The Hall–Kier alpha value is -6.66. The van der Waals surface area contributed by atoms with Gasteiger partial charge in [0.15, 0.2) is 0 Å². The number of hydrogen-bond donors (Lipinski definition) is 0. The van der Waals surface area contributed by atoms with Crippen molar-refractivity contribution in [3.05, 3.63) is 162 Å². The Kier molecular flexibility index (Phi) is 7.58. The minimum absolute atomic E-state index is 0.704. The second-order valence-corrected chi connectivity index (χ2v) is 14.0. The third kappa shape index (κ3) is 4.94. The molecule has 0 radical (unpaired) electrons. The number of benzene rings is 7. The lowest BCUT2D eigenvalue weighted by molar-refractivity contribution is 0.415. The summed E-state index contributed by atoms with van der Waals surface area (Å²) in [6, 6.07) is 51.9. The van der Waals surface area contributed by atoms with Crippen molar-refractivity contribution in [2.75, 3.05) is 21.3 Å². The lowest BCUT2D eigenvalue weighted by Crippen LogP contribution is -2.03. The van der Waals surface area contributed by atoms with Crippen LogP contribution in [-0.4, -0.2) is 35.0 Å². The van der Waals surface area contributed by atoms with Gasteiger partial charge in [-0.05, 0) is 71.3 Å². The molecule has 0 amide bonds. The van der Waals surface area contributed by atoms with Gasteiger partial charge in [-0.25, -0.2) is 0 Å². The van der Waals surface area contributed by atoms with Gasteiger partial charge in [0.1, 0.15) is 17.2 Å². The van der Waals surface area contributed by atoms with Crippen molar-refractivity contribution in [3.63, 3.8) is 0 Å². The maximum Gasteiger partial charge on any atom is 0.119 e. The van der Waals surface area contributed by atoms with Crippen molar-refractivity contribution in [3.8, 4) is 17.2 Å². The molecular weight excluding hydrogens is 667 g/mol. The predicted octanol–water partition coefficient (Wildman–Crippen LogP) is 11.2. The minimum atomic E-state index is 0.704. The molecule has 0 spiro atoms. The van der Waals surface area contributed by atoms with Crippen LogP contribution in [0.4, 0.5) is 0 Å². The number of ether oxygens (including phenoxy) is 3. The Balaban J connectivity index is 1.51. The molecular formula is C48H39N3O3. The zero-order valence-electron chi connectivity index (χ0n) is 30.5. The number of fused-ring (bicyclic) bond motifs is 12. The third-order valence-corrected chi connectivity index (χ3v) is 11.1. The van der Waals surface area contributed by atoms with Gasteiger partial charge in [-0.2, -0.15) is 0 Å².